The van der Waals surface area contributed by atoms with Gasteiger partial charge in [-0.15, -0.1) is 11.2 Å². The second-order valence-corrected chi connectivity index (χ2v) is 13.2. The zero-order chi connectivity index (χ0) is 10.1. The molecule has 72 valence electrons. The van der Waals surface area contributed by atoms with E-state index >= 15 is 0 Å². The molecule has 2 nitrogen and oxygen atoms in total. The minimum atomic E-state index is -1.15. The van der Waals surface area contributed by atoms with Crippen molar-refractivity contribution >= 4 is 18.4 Å². The SMILES string of the molecule is Cc1cc(C)nc(S[Si](C)(C)C)n1. The summed E-state index contributed by atoms with van der Waals surface area (Å²) in [6.07, 6.45) is 0. The lowest BCUT2D eigenvalue weighted by Gasteiger charge is -2.13. The van der Waals surface area contributed by atoms with E-state index in [-0.39, 0.29) is 0 Å². The molecule has 13 heavy (non-hydrogen) atoms. The second kappa shape index (κ2) is 3.80. The van der Waals surface area contributed by atoms with Gasteiger partial charge in [-0.25, -0.2) is 9.97 Å². The van der Waals surface area contributed by atoms with E-state index in [0.717, 1.165) is 16.5 Å². The molecule has 1 rings (SSSR count). The maximum absolute atomic E-state index is 4.41. The summed E-state index contributed by atoms with van der Waals surface area (Å²) in [6.45, 7) is 10.9. The lowest BCUT2D eigenvalue weighted by atomic mass is 10.4. The summed E-state index contributed by atoms with van der Waals surface area (Å²) in [5.41, 5.74) is 2.13. The molecule has 0 radical (unpaired) electrons. The van der Waals surface area contributed by atoms with Crippen molar-refractivity contribution in [2.45, 2.75) is 38.6 Å². The Morgan fingerprint density at radius 3 is 1.92 bits per heavy atom. The van der Waals surface area contributed by atoms with Crippen LogP contribution in [0.4, 0.5) is 0 Å². The van der Waals surface area contributed by atoms with Crippen molar-refractivity contribution in [3.05, 3.63) is 17.5 Å². The van der Waals surface area contributed by atoms with Crippen molar-refractivity contribution < 1.29 is 0 Å². The van der Waals surface area contributed by atoms with Crippen molar-refractivity contribution in [1.29, 1.82) is 0 Å². The van der Waals surface area contributed by atoms with Gasteiger partial charge >= 0.3 is 0 Å². The number of hydrogen-bond donors (Lipinski definition) is 0. The van der Waals surface area contributed by atoms with Crippen molar-refractivity contribution in [3.8, 4) is 0 Å². The molecule has 4 heteroatoms. The van der Waals surface area contributed by atoms with E-state index in [1.54, 1.807) is 0 Å². The fourth-order valence-corrected chi connectivity index (χ4v) is 3.86. The Balaban J connectivity index is 2.90. The van der Waals surface area contributed by atoms with Crippen LogP contribution in [0.5, 0.6) is 0 Å². The van der Waals surface area contributed by atoms with Crippen LogP contribution in [0.3, 0.4) is 0 Å². The van der Waals surface area contributed by atoms with Crippen molar-refractivity contribution in [2.75, 3.05) is 0 Å². The molecular weight excluding hydrogens is 196 g/mol. The van der Waals surface area contributed by atoms with E-state index in [1.165, 1.54) is 0 Å². The zero-order valence-corrected chi connectivity index (χ0v) is 10.7. The summed E-state index contributed by atoms with van der Waals surface area (Å²) < 4.78 is 0. The molecule has 0 bridgehead atoms. The Morgan fingerprint density at radius 2 is 1.54 bits per heavy atom. The molecule has 0 atom stereocenters. The van der Waals surface area contributed by atoms with Gasteiger partial charge in [-0.3, -0.25) is 0 Å². The van der Waals surface area contributed by atoms with Gasteiger partial charge in [0.05, 0.1) is 0 Å². The van der Waals surface area contributed by atoms with E-state index in [1.807, 2.05) is 31.1 Å². The summed E-state index contributed by atoms with van der Waals surface area (Å²) in [5, 5.41) is 0.941. The summed E-state index contributed by atoms with van der Waals surface area (Å²) in [5.74, 6) is 0. The van der Waals surface area contributed by atoms with Gasteiger partial charge in [0.2, 0.25) is 0 Å². The lowest BCUT2D eigenvalue weighted by Crippen LogP contribution is -2.14. The van der Waals surface area contributed by atoms with Crippen LogP contribution in [0.15, 0.2) is 11.2 Å². The Labute approximate surface area is 84.8 Å². The van der Waals surface area contributed by atoms with Gasteiger partial charge in [0, 0.05) is 11.4 Å². The third-order valence-electron chi connectivity index (χ3n) is 1.36. The molecule has 0 unspecified atom stereocenters. The van der Waals surface area contributed by atoms with Crippen LogP contribution in [0, 0.1) is 13.8 Å². The van der Waals surface area contributed by atoms with Crippen molar-refractivity contribution in [2.24, 2.45) is 0 Å². The first-order valence-electron chi connectivity index (χ1n) is 4.38. The minimum absolute atomic E-state index is 0.941. The van der Waals surface area contributed by atoms with Gasteiger partial charge in [-0.2, -0.15) is 0 Å². The van der Waals surface area contributed by atoms with Crippen LogP contribution in [0.25, 0.3) is 0 Å². The molecule has 0 aromatic carbocycles. The van der Waals surface area contributed by atoms with E-state index in [0.29, 0.717) is 0 Å². The van der Waals surface area contributed by atoms with Gasteiger partial charge in [0.1, 0.15) is 7.22 Å². The van der Waals surface area contributed by atoms with E-state index in [9.17, 15) is 0 Å². The van der Waals surface area contributed by atoms with Crippen LogP contribution in [-0.2, 0) is 0 Å². The third kappa shape index (κ3) is 3.91. The molecule has 1 aromatic heterocycles. The van der Waals surface area contributed by atoms with Gasteiger partial charge in [-0.05, 0) is 19.9 Å². The van der Waals surface area contributed by atoms with Crippen LogP contribution in [-0.4, -0.2) is 17.2 Å². The van der Waals surface area contributed by atoms with Gasteiger partial charge in [0.25, 0.3) is 0 Å². The Kier molecular flexibility index (Phi) is 3.13. The first-order chi connectivity index (χ1) is 5.87. The summed E-state index contributed by atoms with van der Waals surface area (Å²) in [4.78, 5) is 8.81. The molecule has 0 aliphatic carbocycles. The van der Waals surface area contributed by atoms with Crippen LogP contribution >= 0.6 is 11.2 Å². The molecule has 1 aromatic rings. The number of hydrogen-bond acceptors (Lipinski definition) is 3. The normalized spacial score (nSPS) is 11.8. The fourth-order valence-electron chi connectivity index (χ4n) is 1.01. The summed E-state index contributed by atoms with van der Waals surface area (Å²) in [6, 6.07) is 2.01. The molecule has 0 saturated carbocycles. The molecular formula is C9H16N2SSi. The number of aryl methyl sites for hydroxylation is 2. The standard InChI is InChI=1S/C9H16N2SSi/c1-7-6-8(2)11-9(10-7)12-13(3,4)5/h6H,1-5H3. The summed E-state index contributed by atoms with van der Waals surface area (Å²) in [7, 11) is -1.15. The van der Waals surface area contributed by atoms with Gasteiger partial charge in [0.15, 0.2) is 5.16 Å². The van der Waals surface area contributed by atoms with E-state index in [4.69, 9.17) is 0 Å². The van der Waals surface area contributed by atoms with Crippen molar-refractivity contribution in [1.82, 2.24) is 9.97 Å². The molecule has 0 amide bonds. The second-order valence-electron chi connectivity index (χ2n) is 4.15. The largest absolute Gasteiger partial charge is 0.228 e. The first-order valence-corrected chi connectivity index (χ1v) is 9.42. The van der Waals surface area contributed by atoms with Crippen LogP contribution in [0.2, 0.25) is 19.6 Å². The highest BCUT2D eigenvalue weighted by molar-refractivity contribution is 8.28. The molecule has 0 aliphatic rings. The Bertz CT molecular complexity index is 287. The molecule has 0 aliphatic heterocycles. The molecule has 1 heterocycles. The zero-order valence-electron chi connectivity index (χ0n) is 8.88. The number of nitrogens with zero attached hydrogens (tertiary/aromatic N) is 2. The lowest BCUT2D eigenvalue weighted by molar-refractivity contribution is 0.906. The molecule has 0 saturated heterocycles. The maximum atomic E-state index is 4.41. The average molecular weight is 212 g/mol. The minimum Gasteiger partial charge on any atom is -0.228 e. The highest BCUT2D eigenvalue weighted by Crippen LogP contribution is 2.25. The quantitative estimate of drug-likeness (QED) is 0.557. The Hall–Kier alpha value is -0.353. The average Bonchev–Trinajstić information content (AvgIpc) is 1.78. The highest BCUT2D eigenvalue weighted by Gasteiger charge is 2.17. The van der Waals surface area contributed by atoms with E-state index < -0.39 is 7.22 Å². The van der Waals surface area contributed by atoms with Gasteiger partial charge in [-0.1, -0.05) is 19.6 Å². The van der Waals surface area contributed by atoms with Crippen LogP contribution < -0.4 is 0 Å². The summed E-state index contributed by atoms with van der Waals surface area (Å²) >= 11 is 1.85. The predicted molar refractivity (Wildman–Crippen MR) is 60.7 cm³/mol. The number of aromatic nitrogens is 2. The van der Waals surface area contributed by atoms with E-state index in [2.05, 4.69) is 29.6 Å². The maximum Gasteiger partial charge on any atom is 0.182 e. The Morgan fingerprint density at radius 1 is 1.08 bits per heavy atom. The number of rotatable bonds is 2. The monoisotopic (exact) mass is 212 g/mol. The predicted octanol–water partition coefficient (Wildman–Crippen LogP) is 3.02. The van der Waals surface area contributed by atoms with Crippen LogP contribution in [0.1, 0.15) is 11.4 Å². The smallest absolute Gasteiger partial charge is 0.182 e. The molecule has 0 fully saturated rings. The highest BCUT2D eigenvalue weighted by atomic mass is 32.4. The van der Waals surface area contributed by atoms with Gasteiger partial charge < -0.3 is 0 Å². The first kappa shape index (κ1) is 10.7. The molecule has 0 spiro atoms. The fraction of sp³-hybridized carbons (Fsp3) is 0.556. The molecule has 0 N–H and O–H groups in total. The topological polar surface area (TPSA) is 25.8 Å². The van der Waals surface area contributed by atoms with Crippen molar-refractivity contribution in [3.63, 3.8) is 0 Å². The third-order valence-corrected chi connectivity index (χ3v) is 4.72.